The van der Waals surface area contributed by atoms with Gasteiger partial charge < -0.3 is 9.80 Å². The van der Waals surface area contributed by atoms with E-state index in [-0.39, 0.29) is 17.7 Å². The largest absolute Gasteiger partial charge is 0.343 e. The number of carbonyl (C=O) groups is 2. The predicted molar refractivity (Wildman–Crippen MR) is 93.5 cm³/mol. The number of hydrogen-bond acceptors (Lipinski definition) is 2. The van der Waals surface area contributed by atoms with Crippen molar-refractivity contribution in [1.82, 2.24) is 4.90 Å². The maximum absolute atomic E-state index is 12.7. The summed E-state index contributed by atoms with van der Waals surface area (Å²) in [4.78, 5) is 28.7. The van der Waals surface area contributed by atoms with Crippen molar-refractivity contribution in [1.29, 1.82) is 0 Å². The monoisotopic (exact) mass is 316 g/mol. The molecule has 2 amide bonds. The van der Waals surface area contributed by atoms with Crippen LogP contribution in [0.4, 0.5) is 5.69 Å². The molecule has 1 fully saturated rings. The lowest BCUT2D eigenvalue weighted by molar-refractivity contribution is -0.135. The minimum Gasteiger partial charge on any atom is -0.343 e. The molecule has 1 aliphatic heterocycles. The Kier molecular flexibility index (Phi) is 5.80. The van der Waals surface area contributed by atoms with Gasteiger partial charge in [0, 0.05) is 31.7 Å². The molecule has 4 heteroatoms. The standard InChI is InChI=1S/C19H28N2O2/c1-5-7-8-20(6-2)19(23)16-12-18(22)21(13-16)17-10-14(3)9-15(4)11-17/h9-11,16H,5-8,12-13H2,1-4H3. The van der Waals surface area contributed by atoms with Gasteiger partial charge in [-0.05, 0) is 50.5 Å². The smallest absolute Gasteiger partial charge is 0.228 e. The number of anilines is 1. The molecule has 1 aromatic carbocycles. The summed E-state index contributed by atoms with van der Waals surface area (Å²) in [6.45, 7) is 10.2. The van der Waals surface area contributed by atoms with Crippen LogP contribution in [-0.4, -0.2) is 36.3 Å². The van der Waals surface area contributed by atoms with E-state index in [1.165, 1.54) is 0 Å². The average molecular weight is 316 g/mol. The highest BCUT2D eigenvalue weighted by atomic mass is 16.2. The van der Waals surface area contributed by atoms with E-state index in [1.807, 2.05) is 37.8 Å². The fourth-order valence-corrected chi connectivity index (χ4v) is 3.26. The second kappa shape index (κ2) is 7.62. The molecule has 23 heavy (non-hydrogen) atoms. The number of amides is 2. The summed E-state index contributed by atoms with van der Waals surface area (Å²) >= 11 is 0. The van der Waals surface area contributed by atoms with Gasteiger partial charge in [-0.15, -0.1) is 0 Å². The van der Waals surface area contributed by atoms with Crippen LogP contribution in [0.2, 0.25) is 0 Å². The summed E-state index contributed by atoms with van der Waals surface area (Å²) in [5.74, 6) is -0.0267. The quantitative estimate of drug-likeness (QED) is 0.808. The molecule has 0 aliphatic carbocycles. The number of unbranched alkanes of at least 4 members (excludes halogenated alkanes) is 1. The van der Waals surface area contributed by atoms with Gasteiger partial charge in [-0.1, -0.05) is 19.4 Å². The van der Waals surface area contributed by atoms with Crippen molar-refractivity contribution in [3.63, 3.8) is 0 Å². The van der Waals surface area contributed by atoms with Crippen LogP contribution in [0.1, 0.15) is 44.2 Å². The maximum Gasteiger partial charge on any atom is 0.228 e. The lowest BCUT2D eigenvalue weighted by Gasteiger charge is -2.24. The summed E-state index contributed by atoms with van der Waals surface area (Å²) in [5.41, 5.74) is 3.20. The Balaban J connectivity index is 2.11. The minimum absolute atomic E-state index is 0.0555. The highest BCUT2D eigenvalue weighted by molar-refractivity contribution is 6.00. The van der Waals surface area contributed by atoms with Gasteiger partial charge in [-0.25, -0.2) is 0 Å². The van der Waals surface area contributed by atoms with Crippen LogP contribution in [0.5, 0.6) is 0 Å². The number of aryl methyl sites for hydroxylation is 2. The topological polar surface area (TPSA) is 40.6 Å². The van der Waals surface area contributed by atoms with Crippen molar-refractivity contribution in [3.8, 4) is 0 Å². The molecule has 126 valence electrons. The van der Waals surface area contributed by atoms with Crippen LogP contribution in [0, 0.1) is 19.8 Å². The summed E-state index contributed by atoms with van der Waals surface area (Å²) < 4.78 is 0. The van der Waals surface area contributed by atoms with E-state index in [0.717, 1.165) is 36.2 Å². The highest BCUT2D eigenvalue weighted by Crippen LogP contribution is 2.28. The van der Waals surface area contributed by atoms with E-state index in [0.29, 0.717) is 19.5 Å². The van der Waals surface area contributed by atoms with Crippen molar-refractivity contribution in [3.05, 3.63) is 29.3 Å². The molecule has 0 N–H and O–H groups in total. The first-order chi connectivity index (χ1) is 11.0. The van der Waals surface area contributed by atoms with E-state index in [1.54, 1.807) is 4.90 Å². The molecule has 1 unspecified atom stereocenters. The summed E-state index contributed by atoms with van der Waals surface area (Å²) in [6.07, 6.45) is 2.41. The average Bonchev–Trinajstić information content (AvgIpc) is 2.89. The second-order valence-corrected chi connectivity index (χ2v) is 6.52. The molecule has 1 aliphatic rings. The van der Waals surface area contributed by atoms with Gasteiger partial charge in [0.1, 0.15) is 0 Å². The lowest BCUT2D eigenvalue weighted by atomic mass is 10.1. The van der Waals surface area contributed by atoms with Gasteiger partial charge in [-0.2, -0.15) is 0 Å². The van der Waals surface area contributed by atoms with Crippen molar-refractivity contribution >= 4 is 17.5 Å². The number of nitrogens with zero attached hydrogens (tertiary/aromatic N) is 2. The Hall–Kier alpha value is -1.84. The van der Waals surface area contributed by atoms with Crippen LogP contribution in [-0.2, 0) is 9.59 Å². The zero-order valence-electron chi connectivity index (χ0n) is 14.8. The first-order valence-corrected chi connectivity index (χ1v) is 8.63. The van der Waals surface area contributed by atoms with Crippen molar-refractivity contribution in [2.45, 2.75) is 47.0 Å². The molecular weight excluding hydrogens is 288 g/mol. The fraction of sp³-hybridized carbons (Fsp3) is 0.579. The van der Waals surface area contributed by atoms with Gasteiger partial charge in [-0.3, -0.25) is 9.59 Å². The summed E-state index contributed by atoms with van der Waals surface area (Å²) in [5, 5.41) is 0. The first-order valence-electron chi connectivity index (χ1n) is 8.63. The van der Waals surface area contributed by atoms with E-state index < -0.39 is 0 Å². The summed E-state index contributed by atoms with van der Waals surface area (Å²) in [6, 6.07) is 6.13. The number of hydrogen-bond donors (Lipinski definition) is 0. The third kappa shape index (κ3) is 4.12. The van der Waals surface area contributed by atoms with Gasteiger partial charge in [0.05, 0.1) is 5.92 Å². The Morgan fingerprint density at radius 2 is 1.87 bits per heavy atom. The third-order valence-corrected chi connectivity index (χ3v) is 4.47. The van der Waals surface area contributed by atoms with Gasteiger partial charge in [0.15, 0.2) is 0 Å². The van der Waals surface area contributed by atoms with Crippen LogP contribution in [0.3, 0.4) is 0 Å². The molecule has 0 spiro atoms. The number of carbonyl (C=O) groups excluding carboxylic acids is 2. The Morgan fingerprint density at radius 1 is 1.22 bits per heavy atom. The minimum atomic E-state index is -0.208. The molecule has 1 saturated heterocycles. The normalized spacial score (nSPS) is 17.7. The van der Waals surface area contributed by atoms with Gasteiger partial charge in [0.2, 0.25) is 11.8 Å². The maximum atomic E-state index is 12.7. The molecule has 0 bridgehead atoms. The van der Waals surface area contributed by atoms with Crippen molar-refractivity contribution in [2.75, 3.05) is 24.5 Å². The molecule has 2 rings (SSSR count). The SMILES string of the molecule is CCCCN(CC)C(=O)C1CC(=O)N(c2cc(C)cc(C)c2)C1. The summed E-state index contributed by atoms with van der Waals surface area (Å²) in [7, 11) is 0. The Morgan fingerprint density at radius 3 is 2.43 bits per heavy atom. The molecule has 1 heterocycles. The predicted octanol–water partition coefficient (Wildman–Crippen LogP) is 3.30. The number of benzene rings is 1. The van der Waals surface area contributed by atoms with Crippen LogP contribution >= 0.6 is 0 Å². The fourth-order valence-electron chi connectivity index (χ4n) is 3.26. The van der Waals surface area contributed by atoms with E-state index in [2.05, 4.69) is 13.0 Å². The molecule has 0 saturated carbocycles. The molecular formula is C19H28N2O2. The molecule has 1 aromatic rings. The molecule has 4 nitrogen and oxygen atoms in total. The number of rotatable bonds is 6. The molecule has 1 atom stereocenters. The third-order valence-electron chi connectivity index (χ3n) is 4.47. The highest BCUT2D eigenvalue weighted by Gasteiger charge is 2.36. The lowest BCUT2D eigenvalue weighted by Crippen LogP contribution is -2.38. The van der Waals surface area contributed by atoms with Crippen LogP contribution in [0.15, 0.2) is 18.2 Å². The zero-order chi connectivity index (χ0) is 17.0. The van der Waals surface area contributed by atoms with Crippen molar-refractivity contribution in [2.24, 2.45) is 5.92 Å². The molecule has 0 aromatic heterocycles. The Labute approximate surface area is 139 Å². The molecule has 0 radical (unpaired) electrons. The first kappa shape index (κ1) is 17.5. The van der Waals surface area contributed by atoms with Crippen molar-refractivity contribution < 1.29 is 9.59 Å². The van der Waals surface area contributed by atoms with Gasteiger partial charge >= 0.3 is 0 Å². The van der Waals surface area contributed by atoms with E-state index >= 15 is 0 Å². The Bertz CT molecular complexity index is 562. The van der Waals surface area contributed by atoms with E-state index in [4.69, 9.17) is 0 Å². The second-order valence-electron chi connectivity index (χ2n) is 6.52. The van der Waals surface area contributed by atoms with Crippen LogP contribution < -0.4 is 4.90 Å². The zero-order valence-corrected chi connectivity index (χ0v) is 14.8. The van der Waals surface area contributed by atoms with Gasteiger partial charge in [0.25, 0.3) is 0 Å². The van der Waals surface area contributed by atoms with Crippen LogP contribution in [0.25, 0.3) is 0 Å². The van der Waals surface area contributed by atoms with E-state index in [9.17, 15) is 9.59 Å².